The number of hydrogen-bond acceptors (Lipinski definition) is 2. The molecule has 144 valence electrons. The Morgan fingerprint density at radius 1 is 0.667 bits per heavy atom. The zero-order chi connectivity index (χ0) is 17.7. The van der Waals surface area contributed by atoms with Gasteiger partial charge in [0.15, 0.2) is 6.29 Å². The SMILES string of the molecule is CCOC(CCCCCCCCCCCC/C=C/CCBr)OCC. The van der Waals surface area contributed by atoms with Crippen LogP contribution in [0.15, 0.2) is 12.2 Å². The van der Waals surface area contributed by atoms with E-state index < -0.39 is 0 Å². The summed E-state index contributed by atoms with van der Waals surface area (Å²) in [5.41, 5.74) is 0. The van der Waals surface area contributed by atoms with Gasteiger partial charge in [-0.3, -0.25) is 0 Å². The van der Waals surface area contributed by atoms with Crippen molar-refractivity contribution in [3.63, 3.8) is 0 Å². The van der Waals surface area contributed by atoms with Gasteiger partial charge in [0.05, 0.1) is 0 Å². The first-order valence-corrected chi connectivity index (χ1v) is 11.4. The smallest absolute Gasteiger partial charge is 0.157 e. The summed E-state index contributed by atoms with van der Waals surface area (Å²) in [7, 11) is 0. The maximum absolute atomic E-state index is 5.57. The molecule has 0 bridgehead atoms. The van der Waals surface area contributed by atoms with Gasteiger partial charge in [0, 0.05) is 18.5 Å². The van der Waals surface area contributed by atoms with E-state index in [1.54, 1.807) is 0 Å². The number of unbranched alkanes of at least 4 members (excludes halogenated alkanes) is 10. The minimum Gasteiger partial charge on any atom is -0.353 e. The second-order valence-electron chi connectivity index (χ2n) is 6.40. The highest BCUT2D eigenvalue weighted by Crippen LogP contribution is 2.14. The first kappa shape index (κ1) is 24.1. The molecule has 0 heterocycles. The van der Waals surface area contributed by atoms with Gasteiger partial charge in [-0.2, -0.15) is 0 Å². The molecule has 0 radical (unpaired) electrons. The van der Waals surface area contributed by atoms with E-state index in [9.17, 15) is 0 Å². The van der Waals surface area contributed by atoms with Crippen molar-refractivity contribution in [1.29, 1.82) is 0 Å². The highest BCUT2D eigenvalue weighted by molar-refractivity contribution is 9.09. The van der Waals surface area contributed by atoms with Crippen LogP contribution in [0.3, 0.4) is 0 Å². The predicted molar refractivity (Wildman–Crippen MR) is 110 cm³/mol. The lowest BCUT2D eigenvalue weighted by Gasteiger charge is -2.16. The van der Waals surface area contributed by atoms with Crippen molar-refractivity contribution in [2.45, 2.75) is 104 Å². The zero-order valence-corrected chi connectivity index (χ0v) is 17.8. The minimum absolute atomic E-state index is 0.0225. The van der Waals surface area contributed by atoms with Crippen LogP contribution in [0, 0.1) is 0 Å². The molecule has 0 unspecified atom stereocenters. The molecule has 0 fully saturated rings. The van der Waals surface area contributed by atoms with E-state index in [0.717, 1.165) is 31.4 Å². The van der Waals surface area contributed by atoms with Crippen LogP contribution in [0.2, 0.25) is 0 Å². The highest BCUT2D eigenvalue weighted by atomic mass is 79.9. The Hall–Kier alpha value is 0.140. The third-order valence-electron chi connectivity index (χ3n) is 4.21. The van der Waals surface area contributed by atoms with Crippen LogP contribution in [0.25, 0.3) is 0 Å². The van der Waals surface area contributed by atoms with Crippen LogP contribution in [-0.2, 0) is 9.47 Å². The fraction of sp³-hybridized carbons (Fsp3) is 0.905. The Labute approximate surface area is 159 Å². The van der Waals surface area contributed by atoms with Crippen molar-refractivity contribution in [1.82, 2.24) is 0 Å². The summed E-state index contributed by atoms with van der Waals surface area (Å²) in [5, 5.41) is 1.09. The molecule has 0 saturated heterocycles. The fourth-order valence-corrected chi connectivity index (χ4v) is 3.14. The second-order valence-corrected chi connectivity index (χ2v) is 7.20. The summed E-state index contributed by atoms with van der Waals surface area (Å²) >= 11 is 3.44. The molecule has 0 aliphatic rings. The number of halogens is 1. The van der Waals surface area contributed by atoms with Gasteiger partial charge in [0.1, 0.15) is 0 Å². The molecule has 24 heavy (non-hydrogen) atoms. The number of rotatable bonds is 19. The molecule has 0 aliphatic heterocycles. The van der Waals surface area contributed by atoms with Crippen molar-refractivity contribution < 1.29 is 9.47 Å². The molecule has 0 amide bonds. The van der Waals surface area contributed by atoms with Gasteiger partial charge in [-0.15, -0.1) is 0 Å². The van der Waals surface area contributed by atoms with Crippen LogP contribution in [0.5, 0.6) is 0 Å². The summed E-state index contributed by atoms with van der Waals surface area (Å²) in [4.78, 5) is 0. The van der Waals surface area contributed by atoms with Gasteiger partial charge in [-0.25, -0.2) is 0 Å². The monoisotopic (exact) mass is 404 g/mol. The maximum atomic E-state index is 5.57. The Balaban J connectivity index is 3.19. The zero-order valence-electron chi connectivity index (χ0n) is 16.2. The Bertz CT molecular complexity index is 250. The number of allylic oxidation sites excluding steroid dienone is 2. The molecule has 0 N–H and O–H groups in total. The first-order chi connectivity index (χ1) is 11.8. The van der Waals surface area contributed by atoms with Gasteiger partial charge in [-0.05, 0) is 46.0 Å². The van der Waals surface area contributed by atoms with E-state index in [2.05, 4.69) is 28.1 Å². The lowest BCUT2D eigenvalue weighted by atomic mass is 10.0. The molecule has 0 aromatic carbocycles. The molecule has 0 aliphatic carbocycles. The molecule has 0 saturated carbocycles. The third-order valence-corrected chi connectivity index (χ3v) is 4.67. The lowest BCUT2D eigenvalue weighted by Crippen LogP contribution is -2.17. The lowest BCUT2D eigenvalue weighted by molar-refractivity contribution is -0.140. The maximum Gasteiger partial charge on any atom is 0.157 e. The first-order valence-electron chi connectivity index (χ1n) is 10.3. The fourth-order valence-electron chi connectivity index (χ4n) is 2.87. The van der Waals surface area contributed by atoms with Crippen molar-refractivity contribution in [3.05, 3.63) is 12.2 Å². The van der Waals surface area contributed by atoms with E-state index in [-0.39, 0.29) is 6.29 Å². The molecule has 2 nitrogen and oxygen atoms in total. The van der Waals surface area contributed by atoms with E-state index in [1.807, 2.05) is 13.8 Å². The van der Waals surface area contributed by atoms with Crippen LogP contribution in [0.4, 0.5) is 0 Å². The van der Waals surface area contributed by atoms with Gasteiger partial charge in [0.2, 0.25) is 0 Å². The number of hydrogen-bond donors (Lipinski definition) is 0. The van der Waals surface area contributed by atoms with Crippen molar-refractivity contribution in [2.75, 3.05) is 18.5 Å². The summed E-state index contributed by atoms with van der Waals surface area (Å²) in [6.07, 6.45) is 21.8. The van der Waals surface area contributed by atoms with Crippen molar-refractivity contribution in [3.8, 4) is 0 Å². The Morgan fingerprint density at radius 2 is 1.12 bits per heavy atom. The van der Waals surface area contributed by atoms with E-state index in [4.69, 9.17) is 9.47 Å². The Kier molecular flexibility index (Phi) is 21.3. The number of ether oxygens (including phenoxy) is 2. The van der Waals surface area contributed by atoms with E-state index in [0.29, 0.717) is 0 Å². The molecule has 0 rings (SSSR count). The Morgan fingerprint density at radius 3 is 1.62 bits per heavy atom. The molecular formula is C21H41BrO2. The normalized spacial score (nSPS) is 11.8. The quantitative estimate of drug-likeness (QED) is 0.0964. The number of alkyl halides is 1. The van der Waals surface area contributed by atoms with Crippen LogP contribution >= 0.6 is 15.9 Å². The summed E-state index contributed by atoms with van der Waals surface area (Å²) in [6, 6.07) is 0. The van der Waals surface area contributed by atoms with E-state index in [1.165, 1.54) is 70.6 Å². The van der Waals surface area contributed by atoms with Gasteiger partial charge in [0.25, 0.3) is 0 Å². The molecule has 0 atom stereocenters. The molecule has 0 spiro atoms. The average molecular weight is 405 g/mol. The van der Waals surface area contributed by atoms with Crippen molar-refractivity contribution in [2.24, 2.45) is 0 Å². The topological polar surface area (TPSA) is 18.5 Å². The van der Waals surface area contributed by atoms with E-state index >= 15 is 0 Å². The third kappa shape index (κ3) is 18.5. The van der Waals surface area contributed by atoms with Crippen LogP contribution < -0.4 is 0 Å². The summed E-state index contributed by atoms with van der Waals surface area (Å²) < 4.78 is 11.1. The predicted octanol–water partition coefficient (Wildman–Crippen LogP) is 7.41. The second kappa shape index (κ2) is 21.2. The van der Waals surface area contributed by atoms with Crippen molar-refractivity contribution >= 4 is 15.9 Å². The molecular weight excluding hydrogens is 364 g/mol. The highest BCUT2D eigenvalue weighted by Gasteiger charge is 2.06. The minimum atomic E-state index is 0.0225. The molecule has 0 aromatic rings. The van der Waals surface area contributed by atoms with Gasteiger partial charge >= 0.3 is 0 Å². The van der Waals surface area contributed by atoms with Crippen LogP contribution in [0.1, 0.15) is 97.3 Å². The largest absolute Gasteiger partial charge is 0.353 e. The van der Waals surface area contributed by atoms with Gasteiger partial charge < -0.3 is 9.47 Å². The summed E-state index contributed by atoms with van der Waals surface area (Å²) in [6.45, 7) is 5.57. The summed E-state index contributed by atoms with van der Waals surface area (Å²) in [5.74, 6) is 0. The molecule has 3 heteroatoms. The average Bonchev–Trinajstić information content (AvgIpc) is 2.58. The standard InChI is InChI=1S/C21H41BrO2/c1-3-23-21(24-4-2)19-17-15-13-11-9-7-5-6-8-10-12-14-16-18-20-22/h14,16,21H,3-13,15,17-20H2,1-2H3/b16-14+. The van der Waals surface area contributed by atoms with Gasteiger partial charge in [-0.1, -0.05) is 79.4 Å². The molecule has 0 aromatic heterocycles. The van der Waals surface area contributed by atoms with Crippen LogP contribution in [-0.4, -0.2) is 24.8 Å².